The summed E-state index contributed by atoms with van der Waals surface area (Å²) in [7, 11) is 2.03. The number of hydrogen-bond acceptors (Lipinski definition) is 6. The molecule has 2 bridgehead atoms. The predicted octanol–water partition coefficient (Wildman–Crippen LogP) is 1.48. The Morgan fingerprint density at radius 3 is 2.64 bits per heavy atom. The summed E-state index contributed by atoms with van der Waals surface area (Å²) in [5.41, 5.74) is 6.38. The summed E-state index contributed by atoms with van der Waals surface area (Å²) in [5.74, 6) is -0.283. The average molecular weight is 458 g/mol. The molecule has 0 radical (unpaired) electrons. The lowest BCUT2D eigenvalue weighted by Gasteiger charge is -2.61. The summed E-state index contributed by atoms with van der Waals surface area (Å²) >= 11 is 0. The monoisotopic (exact) mass is 457 g/mol. The number of likely N-dealkylation sites (N-methyl/N-ethyl adjacent to an activating group) is 1. The molecular formula is C24H35N5O4. The first-order chi connectivity index (χ1) is 15.7. The van der Waals surface area contributed by atoms with Crippen LogP contribution in [-0.4, -0.2) is 87.7 Å². The Balaban J connectivity index is 1.91. The first-order valence-corrected chi connectivity index (χ1v) is 11.9. The number of nitrogens with zero attached hydrogens (tertiary/aromatic N) is 4. The second kappa shape index (κ2) is 8.61. The van der Waals surface area contributed by atoms with Crippen LogP contribution in [0.3, 0.4) is 0 Å². The Hall–Kier alpha value is -2.65. The van der Waals surface area contributed by atoms with Crippen molar-refractivity contribution in [3.63, 3.8) is 0 Å². The van der Waals surface area contributed by atoms with E-state index in [1.54, 1.807) is 4.90 Å². The fourth-order valence-corrected chi connectivity index (χ4v) is 6.35. The minimum Gasteiger partial charge on any atom is -0.409 e. The van der Waals surface area contributed by atoms with Crippen LogP contribution in [0.1, 0.15) is 56.2 Å². The highest BCUT2D eigenvalue weighted by atomic mass is 16.4. The minimum absolute atomic E-state index is 0.0112. The number of oxime groups is 1. The summed E-state index contributed by atoms with van der Waals surface area (Å²) in [6.45, 7) is 5.73. The van der Waals surface area contributed by atoms with Crippen molar-refractivity contribution < 1.29 is 19.9 Å². The second-order valence-corrected chi connectivity index (χ2v) is 9.59. The van der Waals surface area contributed by atoms with Gasteiger partial charge < -0.3 is 25.8 Å². The quantitative estimate of drug-likeness (QED) is 0.274. The minimum atomic E-state index is -1.15. The SMILES string of the molecule is CCN1CCC[C@@]2(O)[C@H]3Cc4ccc(/C(N)=N\O)cc4[C@@]2(CCN3C)CC(=O)N(CC)C1=O. The number of hydrogen-bond donors (Lipinski definition) is 3. The van der Waals surface area contributed by atoms with Crippen LogP contribution in [0.5, 0.6) is 0 Å². The van der Waals surface area contributed by atoms with Crippen LogP contribution in [0, 0.1) is 0 Å². The molecule has 3 aliphatic rings. The summed E-state index contributed by atoms with van der Waals surface area (Å²) < 4.78 is 0. The fraction of sp³-hybridized carbons (Fsp3) is 0.625. The van der Waals surface area contributed by atoms with Crippen molar-refractivity contribution >= 4 is 17.8 Å². The molecule has 1 aliphatic carbocycles. The number of urea groups is 1. The van der Waals surface area contributed by atoms with Gasteiger partial charge in [-0.2, -0.15) is 0 Å². The smallest absolute Gasteiger partial charge is 0.326 e. The molecule has 2 fully saturated rings. The van der Waals surface area contributed by atoms with Gasteiger partial charge in [-0.05, 0) is 70.3 Å². The first-order valence-electron chi connectivity index (χ1n) is 11.9. The summed E-state index contributed by atoms with van der Waals surface area (Å²) in [6, 6.07) is 5.24. The number of benzene rings is 1. The number of piperidine rings is 1. The van der Waals surface area contributed by atoms with Gasteiger partial charge in [0, 0.05) is 43.1 Å². The van der Waals surface area contributed by atoms with Crippen molar-refractivity contribution in [1.29, 1.82) is 0 Å². The summed E-state index contributed by atoms with van der Waals surface area (Å²) in [6.07, 6.45) is 2.40. The van der Waals surface area contributed by atoms with Crippen LogP contribution in [0.25, 0.3) is 0 Å². The third-order valence-electron chi connectivity index (χ3n) is 8.18. The number of aliphatic hydroxyl groups is 1. The van der Waals surface area contributed by atoms with Gasteiger partial charge in [-0.3, -0.25) is 9.69 Å². The van der Waals surface area contributed by atoms with Crippen molar-refractivity contribution in [2.24, 2.45) is 10.9 Å². The fourth-order valence-electron chi connectivity index (χ4n) is 6.35. The van der Waals surface area contributed by atoms with Crippen molar-refractivity contribution in [3.05, 3.63) is 34.9 Å². The lowest BCUT2D eigenvalue weighted by Crippen LogP contribution is -2.72. The molecule has 33 heavy (non-hydrogen) atoms. The molecule has 3 atom stereocenters. The number of fused-ring (bicyclic) bond motifs is 1. The molecule has 4 N–H and O–H groups in total. The van der Waals surface area contributed by atoms with E-state index in [-0.39, 0.29) is 36.8 Å². The highest BCUT2D eigenvalue weighted by Crippen LogP contribution is 2.55. The highest BCUT2D eigenvalue weighted by molar-refractivity contribution is 5.98. The Morgan fingerprint density at radius 2 is 1.97 bits per heavy atom. The average Bonchev–Trinajstić information content (AvgIpc) is 2.80. The third-order valence-corrected chi connectivity index (χ3v) is 8.18. The molecule has 9 heteroatoms. The maximum absolute atomic E-state index is 13.7. The second-order valence-electron chi connectivity index (χ2n) is 9.59. The van der Waals surface area contributed by atoms with Crippen LogP contribution in [0.15, 0.2) is 23.4 Å². The zero-order valence-corrected chi connectivity index (χ0v) is 19.8. The van der Waals surface area contributed by atoms with E-state index in [1.807, 2.05) is 39.1 Å². The molecular weight excluding hydrogens is 422 g/mol. The van der Waals surface area contributed by atoms with E-state index in [1.165, 1.54) is 4.90 Å². The maximum Gasteiger partial charge on any atom is 0.326 e. The molecule has 2 saturated heterocycles. The van der Waals surface area contributed by atoms with Crippen LogP contribution in [0.4, 0.5) is 4.79 Å². The Morgan fingerprint density at radius 1 is 1.21 bits per heavy atom. The lowest BCUT2D eigenvalue weighted by molar-refractivity contribution is -0.161. The molecule has 2 aliphatic heterocycles. The standard InChI is InChI=1S/C24H35N5O4/c1-4-28-11-6-9-24(32)19-14-16-7-8-17(21(25)26-33)13-18(16)23(24,10-12-27(19)3)15-20(30)29(5-2)22(28)31/h7-8,13,19,32-33H,4-6,9-12,14-15H2,1-3H3,(H2,25,26)/t19-,23-,24-/m1/s1. The molecule has 0 aromatic heterocycles. The van der Waals surface area contributed by atoms with E-state index in [0.29, 0.717) is 44.3 Å². The molecule has 1 aromatic carbocycles. The van der Waals surface area contributed by atoms with Crippen LogP contribution >= 0.6 is 0 Å². The molecule has 2 heterocycles. The number of amides is 3. The Bertz CT molecular complexity index is 982. The molecule has 4 rings (SSSR count). The lowest BCUT2D eigenvalue weighted by atomic mass is 9.52. The van der Waals surface area contributed by atoms with Gasteiger partial charge in [0.2, 0.25) is 5.91 Å². The van der Waals surface area contributed by atoms with Gasteiger partial charge >= 0.3 is 6.03 Å². The van der Waals surface area contributed by atoms with Crippen molar-refractivity contribution in [1.82, 2.24) is 14.7 Å². The molecule has 0 saturated carbocycles. The van der Waals surface area contributed by atoms with E-state index >= 15 is 0 Å². The van der Waals surface area contributed by atoms with E-state index in [0.717, 1.165) is 17.7 Å². The van der Waals surface area contributed by atoms with E-state index < -0.39 is 11.0 Å². The number of likely N-dealkylation sites (tertiary alicyclic amines) is 1. The van der Waals surface area contributed by atoms with Gasteiger partial charge in [0.05, 0.1) is 5.60 Å². The molecule has 9 nitrogen and oxygen atoms in total. The largest absolute Gasteiger partial charge is 0.409 e. The number of imide groups is 1. The van der Waals surface area contributed by atoms with Gasteiger partial charge in [-0.25, -0.2) is 4.79 Å². The molecule has 0 unspecified atom stereocenters. The number of amidine groups is 1. The number of carbonyl (C=O) groups is 2. The van der Waals surface area contributed by atoms with E-state index in [2.05, 4.69) is 10.1 Å². The Kier molecular flexibility index (Phi) is 6.13. The van der Waals surface area contributed by atoms with Gasteiger partial charge in [-0.15, -0.1) is 0 Å². The normalized spacial score (nSPS) is 31.3. The molecule has 3 amide bonds. The van der Waals surface area contributed by atoms with Gasteiger partial charge in [0.25, 0.3) is 0 Å². The van der Waals surface area contributed by atoms with Crippen molar-refractivity contribution in [3.8, 4) is 0 Å². The van der Waals surface area contributed by atoms with Gasteiger partial charge in [0.15, 0.2) is 5.84 Å². The van der Waals surface area contributed by atoms with Crippen LogP contribution in [-0.2, 0) is 16.6 Å². The Labute approximate surface area is 194 Å². The van der Waals surface area contributed by atoms with Crippen LogP contribution < -0.4 is 5.73 Å². The van der Waals surface area contributed by atoms with E-state index in [9.17, 15) is 19.9 Å². The number of nitrogens with two attached hydrogens (primary N) is 1. The van der Waals surface area contributed by atoms with Crippen LogP contribution in [0.2, 0.25) is 0 Å². The summed E-state index contributed by atoms with van der Waals surface area (Å²) in [4.78, 5) is 32.0. The molecule has 180 valence electrons. The molecule has 1 aromatic rings. The third kappa shape index (κ3) is 3.49. The van der Waals surface area contributed by atoms with Gasteiger partial charge in [-0.1, -0.05) is 17.3 Å². The topological polar surface area (TPSA) is 123 Å². The zero-order chi connectivity index (χ0) is 24.0. The zero-order valence-electron chi connectivity index (χ0n) is 19.8. The van der Waals surface area contributed by atoms with Gasteiger partial charge in [0.1, 0.15) is 0 Å². The first kappa shape index (κ1) is 23.5. The predicted molar refractivity (Wildman–Crippen MR) is 124 cm³/mol. The highest BCUT2D eigenvalue weighted by Gasteiger charge is 2.63. The van der Waals surface area contributed by atoms with Crippen molar-refractivity contribution in [2.75, 3.05) is 33.2 Å². The number of carbonyl (C=O) groups excluding carboxylic acids is 2. The summed E-state index contributed by atoms with van der Waals surface area (Å²) in [5, 5.41) is 24.8. The molecule has 0 spiro atoms. The maximum atomic E-state index is 13.7. The number of rotatable bonds is 3. The van der Waals surface area contributed by atoms with E-state index in [4.69, 9.17) is 5.73 Å². The van der Waals surface area contributed by atoms with Crippen molar-refractivity contribution in [2.45, 2.75) is 63.0 Å².